The van der Waals surface area contributed by atoms with Gasteiger partial charge in [-0.1, -0.05) is 140 Å². The molecule has 0 aliphatic heterocycles. The predicted molar refractivity (Wildman–Crippen MR) is 149 cm³/mol. The van der Waals surface area contributed by atoms with E-state index in [1.54, 1.807) is 0 Å². The Kier molecular flexibility index (Phi) is 6.27. The third-order valence-corrected chi connectivity index (χ3v) is 11.6. The minimum Gasteiger partial charge on any atom is -0.452 e. The lowest BCUT2D eigenvalue weighted by Gasteiger charge is -2.31. The van der Waals surface area contributed by atoms with Gasteiger partial charge < -0.3 is 4.74 Å². The van der Waals surface area contributed by atoms with Crippen LogP contribution < -0.4 is 5.19 Å². The molecule has 0 saturated carbocycles. The lowest BCUT2D eigenvalue weighted by Crippen LogP contribution is -2.48. The summed E-state index contributed by atoms with van der Waals surface area (Å²) in [5.41, 5.74) is 1.83. The van der Waals surface area contributed by atoms with E-state index >= 15 is 0 Å². The monoisotopic (exact) mass is 474 g/mol. The van der Waals surface area contributed by atoms with Crippen molar-refractivity contribution >= 4 is 40.8 Å². The third-order valence-electron chi connectivity index (χ3n) is 7.40. The Morgan fingerprint density at radius 3 is 1.63 bits per heavy atom. The zero-order valence-electron chi connectivity index (χ0n) is 20.4. The summed E-state index contributed by atoms with van der Waals surface area (Å²) in [6.07, 6.45) is -0.497. The summed E-state index contributed by atoms with van der Waals surface area (Å²) in [7, 11) is -2.10. The van der Waals surface area contributed by atoms with Crippen molar-refractivity contribution in [1.29, 1.82) is 0 Å². The highest BCUT2D eigenvalue weighted by Crippen LogP contribution is 2.37. The summed E-state index contributed by atoms with van der Waals surface area (Å²) in [5, 5.41) is 5.74. The van der Waals surface area contributed by atoms with Crippen LogP contribution in [0.3, 0.4) is 0 Å². The highest BCUT2D eigenvalue weighted by atomic mass is 28.3. The number of esters is 1. The lowest BCUT2D eigenvalue weighted by molar-refractivity contribution is -0.147. The van der Waals surface area contributed by atoms with E-state index in [1.165, 1.54) is 5.19 Å². The quantitative estimate of drug-likeness (QED) is 0.187. The second-order valence-corrected chi connectivity index (χ2v) is 14.6. The van der Waals surface area contributed by atoms with Crippen LogP contribution >= 0.6 is 0 Å². The number of rotatable bonds is 6. The van der Waals surface area contributed by atoms with E-state index in [9.17, 15) is 4.79 Å². The highest BCUT2D eigenvalue weighted by Gasteiger charge is 2.38. The van der Waals surface area contributed by atoms with Gasteiger partial charge in [0.2, 0.25) is 0 Å². The molecule has 0 aromatic heterocycles. The van der Waals surface area contributed by atoms with Crippen LogP contribution in [-0.2, 0) is 9.53 Å². The molecule has 0 spiro atoms. The zero-order chi connectivity index (χ0) is 24.4. The molecule has 0 heterocycles. The Morgan fingerprint density at radius 2 is 1.09 bits per heavy atom. The van der Waals surface area contributed by atoms with Crippen LogP contribution in [-0.4, -0.2) is 14.0 Å². The van der Waals surface area contributed by atoms with Crippen LogP contribution in [0.1, 0.15) is 24.2 Å². The first-order chi connectivity index (χ1) is 17.0. The Balaban J connectivity index is 1.61. The molecule has 0 amide bonds. The second-order valence-electron chi connectivity index (χ2n) is 9.76. The molecule has 35 heavy (non-hydrogen) atoms. The van der Waals surface area contributed by atoms with Crippen LogP contribution in [0.15, 0.2) is 115 Å². The van der Waals surface area contributed by atoms with Gasteiger partial charge in [-0.15, -0.1) is 0 Å². The fourth-order valence-electron chi connectivity index (χ4n) is 4.88. The highest BCUT2D eigenvalue weighted by molar-refractivity contribution is 6.93. The fourth-order valence-corrected chi connectivity index (χ4v) is 7.09. The van der Waals surface area contributed by atoms with E-state index in [0.29, 0.717) is 0 Å². The summed E-state index contributed by atoms with van der Waals surface area (Å²) in [5.74, 6) is -0.142. The fraction of sp³-hybridized carbons (Fsp3) is 0.156. The maximum atomic E-state index is 13.8. The maximum Gasteiger partial charge on any atom is 0.307 e. The van der Waals surface area contributed by atoms with Crippen LogP contribution in [0, 0.1) is 0 Å². The Morgan fingerprint density at radius 1 is 0.629 bits per heavy atom. The minimum atomic E-state index is -2.10. The summed E-state index contributed by atoms with van der Waals surface area (Å²) in [6, 6.07) is 39.5. The molecule has 0 N–H and O–H groups in total. The van der Waals surface area contributed by atoms with E-state index < -0.39 is 14.2 Å². The number of hydrogen-bond donors (Lipinski definition) is 0. The van der Waals surface area contributed by atoms with Gasteiger partial charge >= 0.3 is 5.97 Å². The van der Waals surface area contributed by atoms with Gasteiger partial charge in [0.1, 0.15) is 0 Å². The first-order valence-corrected chi connectivity index (χ1v) is 15.3. The maximum absolute atomic E-state index is 13.8. The number of benzene rings is 5. The molecule has 0 radical (unpaired) electrons. The molecule has 0 aliphatic rings. The Bertz CT molecular complexity index is 1400. The van der Waals surface area contributed by atoms with Crippen molar-refractivity contribution in [2.24, 2.45) is 0 Å². The molecule has 0 bridgehead atoms. The molecular weight excluding hydrogens is 444 g/mol. The normalized spacial score (nSPS) is 12.7. The zero-order valence-corrected chi connectivity index (χ0v) is 21.4. The van der Waals surface area contributed by atoms with E-state index in [-0.39, 0.29) is 11.5 Å². The molecule has 0 saturated heterocycles. The molecule has 3 heteroatoms. The molecule has 2 nitrogen and oxygen atoms in total. The van der Waals surface area contributed by atoms with Crippen molar-refractivity contribution in [2.45, 2.75) is 31.7 Å². The predicted octanol–water partition coefficient (Wildman–Crippen LogP) is 7.63. The van der Waals surface area contributed by atoms with Crippen molar-refractivity contribution in [3.8, 4) is 0 Å². The van der Waals surface area contributed by atoms with E-state index in [2.05, 4.69) is 98.0 Å². The summed E-state index contributed by atoms with van der Waals surface area (Å²) in [6.45, 7) is 6.53. The van der Waals surface area contributed by atoms with Gasteiger partial charge in [-0.2, -0.15) is 0 Å². The van der Waals surface area contributed by atoms with Gasteiger partial charge in [0, 0.05) is 11.1 Å². The van der Waals surface area contributed by atoms with Gasteiger partial charge in [0.25, 0.3) is 0 Å². The largest absolute Gasteiger partial charge is 0.452 e. The molecule has 1 atom stereocenters. The lowest BCUT2D eigenvalue weighted by atomic mass is 9.92. The molecule has 5 rings (SSSR count). The van der Waals surface area contributed by atoms with Crippen LogP contribution in [0.2, 0.25) is 18.6 Å². The summed E-state index contributed by atoms with van der Waals surface area (Å²) < 4.78 is 6.50. The van der Waals surface area contributed by atoms with Crippen molar-refractivity contribution in [2.75, 3.05) is 0 Å². The van der Waals surface area contributed by atoms with Crippen molar-refractivity contribution < 1.29 is 9.53 Å². The van der Waals surface area contributed by atoms with Crippen LogP contribution in [0.25, 0.3) is 21.5 Å². The standard InChI is InChI=1S/C32H30O2Si/c1-23(35(2,3)26-17-5-4-6-18-26)32(33)34-31(29-21-11-15-24-13-7-9-19-27(24)29)30-22-12-16-25-14-8-10-20-28(25)30/h4-23,31H,1-3H3. The number of fused-ring (bicyclic) bond motifs is 2. The van der Waals surface area contributed by atoms with Crippen molar-refractivity contribution in [1.82, 2.24) is 0 Å². The number of hydrogen-bond acceptors (Lipinski definition) is 2. The second kappa shape index (κ2) is 9.51. The Labute approximate surface area is 208 Å². The Hall–Kier alpha value is -3.69. The molecular formula is C32H30O2Si. The summed E-state index contributed by atoms with van der Waals surface area (Å²) in [4.78, 5) is 13.8. The topological polar surface area (TPSA) is 26.3 Å². The van der Waals surface area contributed by atoms with Gasteiger partial charge in [0.05, 0.1) is 13.6 Å². The van der Waals surface area contributed by atoms with Gasteiger partial charge in [-0.3, -0.25) is 4.79 Å². The first kappa shape index (κ1) is 23.1. The molecule has 1 unspecified atom stereocenters. The molecule has 0 aliphatic carbocycles. The van der Waals surface area contributed by atoms with Crippen LogP contribution in [0.4, 0.5) is 0 Å². The third kappa shape index (κ3) is 4.40. The first-order valence-electron chi connectivity index (χ1n) is 12.2. The summed E-state index contributed by atoms with van der Waals surface area (Å²) >= 11 is 0. The minimum absolute atomic E-state index is 0.142. The van der Waals surface area contributed by atoms with Crippen LogP contribution in [0.5, 0.6) is 0 Å². The average molecular weight is 475 g/mol. The molecule has 5 aromatic rings. The van der Waals surface area contributed by atoms with Gasteiger partial charge in [-0.05, 0) is 21.5 Å². The number of carbonyl (C=O) groups is 1. The smallest absolute Gasteiger partial charge is 0.307 e. The average Bonchev–Trinajstić information content (AvgIpc) is 2.91. The molecule has 5 aromatic carbocycles. The number of ether oxygens (including phenoxy) is 1. The van der Waals surface area contributed by atoms with Gasteiger partial charge in [-0.25, -0.2) is 0 Å². The molecule has 0 fully saturated rings. The van der Waals surface area contributed by atoms with E-state index in [4.69, 9.17) is 4.74 Å². The van der Waals surface area contributed by atoms with Crippen molar-refractivity contribution in [3.63, 3.8) is 0 Å². The number of carbonyl (C=O) groups excluding carboxylic acids is 1. The van der Waals surface area contributed by atoms with Gasteiger partial charge in [0.15, 0.2) is 6.10 Å². The SMILES string of the molecule is CC(C(=O)OC(c1cccc2ccccc12)c1cccc2ccccc12)[Si](C)(C)c1ccccc1. The molecule has 174 valence electrons. The van der Waals surface area contributed by atoms with Crippen molar-refractivity contribution in [3.05, 3.63) is 126 Å². The van der Waals surface area contributed by atoms with E-state index in [1.807, 2.05) is 37.3 Å². The van der Waals surface area contributed by atoms with E-state index in [0.717, 1.165) is 32.7 Å².